The molecule has 0 amide bonds. The first-order valence-electron chi connectivity index (χ1n) is 25.3. The lowest BCUT2D eigenvalue weighted by Gasteiger charge is -2.35. The molecule has 0 bridgehead atoms. The number of rotatable bonds is 8. The van der Waals surface area contributed by atoms with Crippen molar-refractivity contribution in [1.29, 1.82) is 0 Å². The van der Waals surface area contributed by atoms with Crippen LogP contribution < -0.4 is 27.3 Å². The summed E-state index contributed by atoms with van der Waals surface area (Å²) in [4.78, 5) is 77.7. The third kappa shape index (κ3) is 12.1. The third-order valence-corrected chi connectivity index (χ3v) is 15.9. The maximum atomic E-state index is 13.0. The number of halogens is 3. The molecule has 0 atom stereocenters. The van der Waals surface area contributed by atoms with Crippen molar-refractivity contribution < 1.29 is 22.7 Å². The van der Waals surface area contributed by atoms with Crippen LogP contribution in [0.1, 0.15) is 51.4 Å². The summed E-state index contributed by atoms with van der Waals surface area (Å²) >= 11 is 18.7. The number of anilines is 2. The van der Waals surface area contributed by atoms with Gasteiger partial charge in [0.2, 0.25) is 26.9 Å². The van der Waals surface area contributed by atoms with Crippen LogP contribution in [0.2, 0.25) is 15.1 Å². The highest BCUT2D eigenvalue weighted by atomic mass is 35.5. The molecule has 0 unspecified atom stereocenters. The van der Waals surface area contributed by atoms with Gasteiger partial charge in [0.1, 0.15) is 22.7 Å². The number of ether oxygens (including phenoxy) is 2. The van der Waals surface area contributed by atoms with E-state index in [0.29, 0.717) is 109 Å². The smallest absolute Gasteiger partial charge is 0.259 e. The number of aryl methyl sites for hydroxylation is 2. The Labute approximate surface area is 467 Å². The summed E-state index contributed by atoms with van der Waals surface area (Å²) in [6.07, 6.45) is 12.1. The first-order valence-corrected chi connectivity index (χ1v) is 28.4. The minimum atomic E-state index is -3.54. The molecule has 1 spiro atoms. The van der Waals surface area contributed by atoms with E-state index < -0.39 is 15.4 Å². The largest absolute Gasteiger partial charge is 0.351 e. The Morgan fingerprint density at radius 3 is 1.48 bits per heavy atom. The molecule has 12 rings (SSSR count). The molecule has 3 aliphatic rings. The van der Waals surface area contributed by atoms with Crippen LogP contribution in [0.25, 0.3) is 66.5 Å². The van der Waals surface area contributed by atoms with Gasteiger partial charge in [-0.05, 0) is 62.1 Å². The Kier molecular flexibility index (Phi) is 16.0. The van der Waals surface area contributed by atoms with Crippen molar-refractivity contribution in [1.82, 2.24) is 44.0 Å². The third-order valence-electron chi connectivity index (χ3n) is 14.1. The molecule has 7 heterocycles. The average molecular weight is 1150 g/mol. The van der Waals surface area contributed by atoms with E-state index in [0.717, 1.165) is 55.6 Å². The molecule has 79 heavy (non-hydrogen) atoms. The van der Waals surface area contributed by atoms with Gasteiger partial charge in [-0.3, -0.25) is 28.3 Å². The van der Waals surface area contributed by atoms with E-state index in [1.807, 2.05) is 42.5 Å². The van der Waals surface area contributed by atoms with Crippen LogP contribution >= 0.6 is 34.8 Å². The van der Waals surface area contributed by atoms with Crippen LogP contribution in [0.15, 0.2) is 129 Å². The fourth-order valence-corrected chi connectivity index (χ4v) is 11.1. The van der Waals surface area contributed by atoms with Crippen molar-refractivity contribution in [2.45, 2.75) is 74.4 Å². The van der Waals surface area contributed by atoms with Crippen LogP contribution in [0.3, 0.4) is 0 Å². The number of benzene rings is 3. The van der Waals surface area contributed by atoms with E-state index in [-0.39, 0.29) is 39.8 Å². The quantitative estimate of drug-likeness (QED) is 0.120. The summed E-state index contributed by atoms with van der Waals surface area (Å²) in [5.74, 6) is 0.919. The second kappa shape index (κ2) is 23.1. The summed E-state index contributed by atoms with van der Waals surface area (Å²) in [6, 6.07) is 27.2. The highest BCUT2D eigenvalue weighted by molar-refractivity contribution is 7.90. The fraction of sp³-hybridized carbons (Fsp3) is 0.286. The van der Waals surface area contributed by atoms with Crippen LogP contribution in [0.4, 0.5) is 11.9 Å². The standard InChI is InChI=1S/C22H23ClN4O3.C20H19ClN4O2.C14H10ClN3O3S/c1-27-19-14(12-17(20(27)28)16-4-2-3-5-18(16)23)13-24-21(26-19)25-15-6-8-22(9-7-15)29-10-11-30-22;1-25-18-12(10-16(19(25)27)15-4-2-3-5-17(15)21)11-22-20(24-18)23-13-6-8-14(26)9-7-13;1-22(20,21)14-16-7-8-6-10(13(19)17-12(8)18-14)9-4-2-3-5-11(9)15/h2-5,12-13,15H,6-11H2,1H3,(H,24,25,26);2-5,10-11,13H,6-9H2,1H3,(H,22,23,24);2-7H,1H3,(H,16,17,18,19). The molecular weight excluding hydrogens is 1090 g/mol. The van der Waals surface area contributed by atoms with Crippen molar-refractivity contribution in [3.8, 4) is 33.4 Å². The predicted molar refractivity (Wildman–Crippen MR) is 306 cm³/mol. The highest BCUT2D eigenvalue weighted by Crippen LogP contribution is 2.37. The number of carbonyl (C=O) groups is 1. The van der Waals surface area contributed by atoms with Gasteiger partial charge < -0.3 is 25.1 Å². The van der Waals surface area contributed by atoms with Crippen molar-refractivity contribution in [2.24, 2.45) is 14.1 Å². The predicted octanol–water partition coefficient (Wildman–Crippen LogP) is 9.36. The highest BCUT2D eigenvalue weighted by Gasteiger charge is 2.40. The number of carbonyl (C=O) groups excluding carboxylic acids is 1. The number of H-pyrrole nitrogens is 1. The monoisotopic (exact) mass is 1140 g/mol. The van der Waals surface area contributed by atoms with E-state index in [9.17, 15) is 27.6 Å². The molecule has 0 radical (unpaired) electrons. The van der Waals surface area contributed by atoms with Gasteiger partial charge in [0.15, 0.2) is 5.79 Å². The van der Waals surface area contributed by atoms with E-state index in [2.05, 4.69) is 45.5 Å². The molecule has 3 fully saturated rings. The molecule has 2 aliphatic carbocycles. The minimum absolute atomic E-state index is 0.143. The van der Waals surface area contributed by atoms with Gasteiger partial charge in [0.05, 0.1) is 13.2 Å². The van der Waals surface area contributed by atoms with E-state index in [1.165, 1.54) is 10.8 Å². The maximum absolute atomic E-state index is 13.0. The van der Waals surface area contributed by atoms with Crippen molar-refractivity contribution >= 4 is 95.4 Å². The van der Waals surface area contributed by atoms with Gasteiger partial charge in [-0.25, -0.2) is 28.4 Å². The topological polar surface area (TPSA) is 248 Å². The number of Topliss-reactive ketones (excluding diaryl/α,β-unsaturated/α-hetero) is 1. The van der Waals surface area contributed by atoms with Crippen LogP contribution in [-0.4, -0.2) is 95.6 Å². The molecule has 9 aromatic rings. The Bertz CT molecular complexity index is 4110. The molecule has 406 valence electrons. The van der Waals surface area contributed by atoms with E-state index in [1.54, 1.807) is 79.6 Å². The van der Waals surface area contributed by atoms with Gasteiger partial charge in [-0.15, -0.1) is 0 Å². The second-order valence-corrected chi connectivity index (χ2v) is 22.6. The molecule has 1 aliphatic heterocycles. The Hall–Kier alpha value is -7.46. The van der Waals surface area contributed by atoms with Gasteiger partial charge in [0, 0.05) is 141 Å². The number of aromatic amines is 1. The lowest BCUT2D eigenvalue weighted by Crippen LogP contribution is -2.39. The SMILES string of the molecule is CS(=O)(=O)c1ncc2cc(-c3ccccc3Cl)c(=O)[nH]c2n1.Cn1c(=O)c(-c2ccccc2Cl)cc2cnc(NC3CCC(=O)CC3)nc21.Cn1c(=O)c(-c2ccccc2Cl)cc2cnc(NC3CCC4(CC3)OCCO4)nc21. The Morgan fingerprint density at radius 2 is 1.01 bits per heavy atom. The average Bonchev–Trinajstić information content (AvgIpc) is 3.97. The number of nitrogens with one attached hydrogen (secondary N) is 3. The normalized spacial score (nSPS) is 15.6. The number of aromatic nitrogens is 9. The number of hydrogen-bond donors (Lipinski definition) is 3. The Balaban J connectivity index is 0.000000135. The first-order chi connectivity index (χ1) is 37.9. The number of pyridine rings is 3. The Morgan fingerprint density at radius 1 is 0.582 bits per heavy atom. The van der Waals surface area contributed by atoms with Crippen molar-refractivity contribution in [3.05, 3.63) is 156 Å². The fourth-order valence-electron chi connectivity index (χ4n) is 9.85. The molecule has 23 heteroatoms. The van der Waals surface area contributed by atoms with Crippen LogP contribution in [-0.2, 0) is 38.2 Å². The van der Waals surface area contributed by atoms with Crippen LogP contribution in [0.5, 0.6) is 0 Å². The molecule has 1 saturated heterocycles. The molecule has 3 aromatic carbocycles. The second-order valence-electron chi connectivity index (χ2n) is 19.5. The zero-order valence-corrected chi connectivity index (χ0v) is 46.1. The summed E-state index contributed by atoms with van der Waals surface area (Å²) in [6.45, 7) is 1.35. The lowest BCUT2D eigenvalue weighted by molar-refractivity contribution is -0.177. The lowest BCUT2D eigenvalue weighted by atomic mass is 9.90. The number of nitrogens with zero attached hydrogens (tertiary/aromatic N) is 8. The van der Waals surface area contributed by atoms with E-state index >= 15 is 0 Å². The van der Waals surface area contributed by atoms with Gasteiger partial charge in [-0.1, -0.05) is 89.4 Å². The summed E-state index contributed by atoms with van der Waals surface area (Å²) in [5.41, 5.74) is 4.00. The number of ketones is 1. The number of fused-ring (bicyclic) bond motifs is 3. The summed E-state index contributed by atoms with van der Waals surface area (Å²) in [7, 11) is -0.123. The molecule has 3 N–H and O–H groups in total. The maximum Gasteiger partial charge on any atom is 0.259 e. The molecule has 2 saturated carbocycles. The van der Waals surface area contributed by atoms with Gasteiger partial charge in [-0.2, -0.15) is 9.97 Å². The summed E-state index contributed by atoms with van der Waals surface area (Å²) in [5, 5.41) is 9.94. The molecule has 19 nitrogen and oxygen atoms in total. The molecule has 6 aromatic heterocycles. The van der Waals surface area contributed by atoms with Crippen molar-refractivity contribution in [2.75, 3.05) is 30.1 Å². The van der Waals surface area contributed by atoms with Crippen LogP contribution in [0, 0.1) is 0 Å². The number of sulfone groups is 1. The number of hydrogen-bond acceptors (Lipinski definition) is 16. The molecular formula is C56H52Cl3N11O8S. The minimum Gasteiger partial charge on any atom is -0.351 e. The van der Waals surface area contributed by atoms with Crippen molar-refractivity contribution in [3.63, 3.8) is 0 Å². The first kappa shape index (κ1) is 54.9. The van der Waals surface area contributed by atoms with Gasteiger partial charge in [0.25, 0.3) is 16.7 Å². The summed E-state index contributed by atoms with van der Waals surface area (Å²) < 4.78 is 37.6. The zero-order chi connectivity index (χ0) is 55.6. The van der Waals surface area contributed by atoms with Gasteiger partial charge >= 0.3 is 0 Å². The zero-order valence-electron chi connectivity index (χ0n) is 43.0. The van der Waals surface area contributed by atoms with E-state index in [4.69, 9.17) is 44.3 Å².